The van der Waals surface area contributed by atoms with Crippen LogP contribution in [0.2, 0.25) is 0 Å². The molecule has 31 heavy (non-hydrogen) atoms. The van der Waals surface area contributed by atoms with Gasteiger partial charge in [-0.1, -0.05) is 24.6 Å². The number of methoxy groups -OCH3 is 1. The number of amides is 1. The second-order valence-electron chi connectivity index (χ2n) is 8.36. The van der Waals surface area contributed by atoms with Crippen molar-refractivity contribution in [3.8, 4) is 0 Å². The first-order valence-corrected chi connectivity index (χ1v) is 11.9. The fourth-order valence-electron chi connectivity index (χ4n) is 4.58. The van der Waals surface area contributed by atoms with Gasteiger partial charge in [-0.15, -0.1) is 11.3 Å². The van der Waals surface area contributed by atoms with E-state index in [0.717, 1.165) is 57.4 Å². The zero-order valence-corrected chi connectivity index (χ0v) is 19.2. The number of carbonyl (C=O) groups excluding carboxylic acids is 2. The van der Waals surface area contributed by atoms with E-state index in [9.17, 15) is 9.59 Å². The molecule has 0 unspecified atom stereocenters. The van der Waals surface area contributed by atoms with E-state index >= 15 is 0 Å². The number of hydrogen-bond acceptors (Lipinski definition) is 6. The standard InChI is InChI=1S/C24H31N3O3S/c1-17-8-6-7-10-19(17)27-14-12-26(13-15-27)16-21(28)25-23-22(24(29)30-2)18-9-4-3-5-11-20(18)31-23/h6-8,10H,3-5,9,11-16H2,1-2H3,(H,25,28). The van der Waals surface area contributed by atoms with Gasteiger partial charge in [-0.3, -0.25) is 9.69 Å². The zero-order chi connectivity index (χ0) is 21.8. The minimum Gasteiger partial charge on any atom is -0.465 e. The molecule has 0 spiro atoms. The van der Waals surface area contributed by atoms with Crippen molar-refractivity contribution in [2.45, 2.75) is 39.0 Å². The maximum atomic E-state index is 12.8. The predicted octanol–water partition coefficient (Wildman–Crippen LogP) is 3.87. The Morgan fingerprint density at radius 3 is 2.55 bits per heavy atom. The summed E-state index contributed by atoms with van der Waals surface area (Å²) in [5.74, 6) is -0.410. The number of esters is 1. The number of para-hydroxylation sites is 1. The molecule has 1 saturated heterocycles. The van der Waals surface area contributed by atoms with Crippen LogP contribution in [-0.2, 0) is 22.4 Å². The molecule has 4 rings (SSSR count). The van der Waals surface area contributed by atoms with Crippen molar-refractivity contribution >= 4 is 33.9 Å². The molecule has 0 saturated carbocycles. The summed E-state index contributed by atoms with van der Waals surface area (Å²) < 4.78 is 5.04. The van der Waals surface area contributed by atoms with Crippen molar-refractivity contribution in [1.82, 2.24) is 4.90 Å². The van der Waals surface area contributed by atoms with Crippen molar-refractivity contribution < 1.29 is 14.3 Å². The Bertz CT molecular complexity index is 948. The maximum absolute atomic E-state index is 12.8. The third kappa shape index (κ3) is 4.93. The number of carbonyl (C=O) groups is 2. The van der Waals surface area contributed by atoms with Gasteiger partial charge in [0.25, 0.3) is 0 Å². The highest BCUT2D eigenvalue weighted by molar-refractivity contribution is 7.17. The van der Waals surface area contributed by atoms with Gasteiger partial charge in [0.2, 0.25) is 5.91 Å². The molecule has 1 amide bonds. The molecule has 7 heteroatoms. The Hall–Kier alpha value is -2.38. The molecule has 2 aliphatic rings. The van der Waals surface area contributed by atoms with Crippen LogP contribution in [-0.4, -0.2) is 56.6 Å². The SMILES string of the molecule is COC(=O)c1c(NC(=O)CN2CCN(c3ccccc3C)CC2)sc2c1CCCCC2. The number of ether oxygens (including phenoxy) is 1. The van der Waals surface area contributed by atoms with Crippen LogP contribution in [0.3, 0.4) is 0 Å². The molecule has 1 N–H and O–H groups in total. The maximum Gasteiger partial charge on any atom is 0.341 e. The van der Waals surface area contributed by atoms with Gasteiger partial charge in [0.05, 0.1) is 19.2 Å². The lowest BCUT2D eigenvalue weighted by molar-refractivity contribution is -0.117. The zero-order valence-electron chi connectivity index (χ0n) is 18.4. The summed E-state index contributed by atoms with van der Waals surface area (Å²) in [7, 11) is 1.41. The lowest BCUT2D eigenvalue weighted by atomic mass is 10.1. The average molecular weight is 442 g/mol. The highest BCUT2D eigenvalue weighted by Crippen LogP contribution is 2.38. The Kier molecular flexibility index (Phi) is 6.92. The van der Waals surface area contributed by atoms with Gasteiger partial charge in [-0.2, -0.15) is 0 Å². The van der Waals surface area contributed by atoms with Crippen LogP contribution < -0.4 is 10.2 Å². The fraction of sp³-hybridized carbons (Fsp3) is 0.500. The van der Waals surface area contributed by atoms with E-state index < -0.39 is 0 Å². The van der Waals surface area contributed by atoms with Gasteiger partial charge in [-0.05, 0) is 49.8 Å². The van der Waals surface area contributed by atoms with Crippen molar-refractivity contribution in [3.05, 3.63) is 45.8 Å². The topological polar surface area (TPSA) is 61.9 Å². The molecular formula is C24H31N3O3S. The van der Waals surface area contributed by atoms with Crippen molar-refractivity contribution in [2.24, 2.45) is 0 Å². The summed E-state index contributed by atoms with van der Waals surface area (Å²) in [4.78, 5) is 31.1. The van der Waals surface area contributed by atoms with E-state index in [4.69, 9.17) is 4.74 Å². The Labute approximate surface area is 188 Å². The molecule has 1 aliphatic heterocycles. The van der Waals surface area contributed by atoms with Gasteiger partial charge in [0.15, 0.2) is 0 Å². The number of piperazine rings is 1. The van der Waals surface area contributed by atoms with Gasteiger partial charge >= 0.3 is 5.97 Å². The summed E-state index contributed by atoms with van der Waals surface area (Å²) in [5.41, 5.74) is 4.20. The highest BCUT2D eigenvalue weighted by atomic mass is 32.1. The van der Waals surface area contributed by atoms with Crippen LogP contribution in [0, 0.1) is 6.92 Å². The average Bonchev–Trinajstić information content (AvgIpc) is 2.94. The molecule has 1 aromatic carbocycles. The summed E-state index contributed by atoms with van der Waals surface area (Å²) in [6.07, 6.45) is 5.24. The van der Waals surface area contributed by atoms with Crippen molar-refractivity contribution in [3.63, 3.8) is 0 Å². The van der Waals surface area contributed by atoms with Crippen LogP contribution >= 0.6 is 11.3 Å². The highest BCUT2D eigenvalue weighted by Gasteiger charge is 2.27. The molecule has 1 aliphatic carbocycles. The van der Waals surface area contributed by atoms with Crippen LogP contribution in [0.25, 0.3) is 0 Å². The van der Waals surface area contributed by atoms with Gasteiger partial charge in [-0.25, -0.2) is 4.79 Å². The quantitative estimate of drug-likeness (QED) is 0.564. The minimum absolute atomic E-state index is 0.0640. The fourth-order valence-corrected chi connectivity index (χ4v) is 5.88. The number of benzene rings is 1. The van der Waals surface area contributed by atoms with Crippen LogP contribution in [0.5, 0.6) is 0 Å². The number of fused-ring (bicyclic) bond motifs is 1. The van der Waals surface area contributed by atoms with Gasteiger partial charge in [0, 0.05) is 36.7 Å². The number of anilines is 2. The summed E-state index contributed by atoms with van der Waals surface area (Å²) >= 11 is 1.55. The number of nitrogens with zero attached hydrogens (tertiary/aromatic N) is 2. The van der Waals surface area contributed by atoms with E-state index in [1.165, 1.54) is 29.7 Å². The lowest BCUT2D eigenvalue weighted by Gasteiger charge is -2.36. The van der Waals surface area contributed by atoms with E-state index in [0.29, 0.717) is 17.1 Å². The predicted molar refractivity (Wildman–Crippen MR) is 125 cm³/mol. The molecule has 6 nitrogen and oxygen atoms in total. The number of aryl methyl sites for hydroxylation is 2. The van der Waals surface area contributed by atoms with Gasteiger partial charge < -0.3 is 15.0 Å². The van der Waals surface area contributed by atoms with Crippen molar-refractivity contribution in [2.75, 3.05) is 50.1 Å². The van der Waals surface area contributed by atoms with E-state index in [1.807, 2.05) is 0 Å². The molecular weight excluding hydrogens is 410 g/mol. The summed E-state index contributed by atoms with van der Waals surface area (Å²) in [6.45, 7) is 5.96. The second kappa shape index (κ2) is 9.83. The summed E-state index contributed by atoms with van der Waals surface area (Å²) in [6, 6.07) is 8.43. The largest absolute Gasteiger partial charge is 0.465 e. The molecule has 2 aromatic rings. The van der Waals surface area contributed by atoms with E-state index in [2.05, 4.69) is 46.3 Å². The molecule has 0 bridgehead atoms. The van der Waals surface area contributed by atoms with Crippen molar-refractivity contribution in [1.29, 1.82) is 0 Å². The van der Waals surface area contributed by atoms with E-state index in [-0.39, 0.29) is 11.9 Å². The second-order valence-corrected chi connectivity index (χ2v) is 9.46. The Morgan fingerprint density at radius 2 is 1.81 bits per heavy atom. The lowest BCUT2D eigenvalue weighted by Crippen LogP contribution is -2.48. The van der Waals surface area contributed by atoms with Crippen LogP contribution in [0.1, 0.15) is 45.6 Å². The molecule has 0 radical (unpaired) electrons. The number of rotatable bonds is 5. The molecule has 166 valence electrons. The van der Waals surface area contributed by atoms with Crippen LogP contribution in [0.15, 0.2) is 24.3 Å². The number of nitrogens with one attached hydrogen (secondary N) is 1. The molecule has 2 heterocycles. The third-order valence-electron chi connectivity index (χ3n) is 6.26. The number of thiophene rings is 1. The molecule has 1 aromatic heterocycles. The minimum atomic E-state index is -0.346. The first-order chi connectivity index (χ1) is 15.1. The normalized spacial score (nSPS) is 17.0. The molecule has 1 fully saturated rings. The van der Waals surface area contributed by atoms with Gasteiger partial charge in [0.1, 0.15) is 5.00 Å². The van der Waals surface area contributed by atoms with E-state index in [1.54, 1.807) is 11.3 Å². The first kappa shape index (κ1) is 21.8. The smallest absolute Gasteiger partial charge is 0.341 e. The Morgan fingerprint density at radius 1 is 1.06 bits per heavy atom. The first-order valence-electron chi connectivity index (χ1n) is 11.1. The monoisotopic (exact) mass is 441 g/mol. The summed E-state index contributed by atoms with van der Waals surface area (Å²) in [5, 5.41) is 3.68. The molecule has 0 atom stereocenters. The number of hydrogen-bond donors (Lipinski definition) is 1. The van der Waals surface area contributed by atoms with Crippen LogP contribution in [0.4, 0.5) is 10.7 Å². The third-order valence-corrected chi connectivity index (χ3v) is 7.47. The Balaban J connectivity index is 1.38.